The molecule has 5 heterocycles. The van der Waals surface area contributed by atoms with E-state index in [1.165, 1.54) is 12.8 Å². The van der Waals surface area contributed by atoms with E-state index >= 15 is 0 Å². The molecule has 22 heavy (non-hydrogen) atoms. The summed E-state index contributed by atoms with van der Waals surface area (Å²) in [4.78, 5) is 19.1. The fourth-order valence-corrected chi connectivity index (χ4v) is 3.56. The molecule has 2 aromatic rings. The third-order valence-corrected chi connectivity index (χ3v) is 4.81. The molecule has 0 aromatic carbocycles. The van der Waals surface area contributed by atoms with Crippen LogP contribution in [0, 0.1) is 17.2 Å². The summed E-state index contributed by atoms with van der Waals surface area (Å²) in [5.74, 6) is 0.460. The van der Waals surface area contributed by atoms with Crippen LogP contribution in [0.5, 0.6) is 0 Å². The van der Waals surface area contributed by atoms with Gasteiger partial charge >= 0.3 is 0 Å². The number of nitrogens with one attached hydrogen (secondary N) is 1. The van der Waals surface area contributed by atoms with Gasteiger partial charge in [0, 0.05) is 25.0 Å². The Morgan fingerprint density at radius 2 is 2.18 bits per heavy atom. The van der Waals surface area contributed by atoms with E-state index in [9.17, 15) is 4.79 Å². The van der Waals surface area contributed by atoms with E-state index in [1.807, 2.05) is 0 Å². The molecule has 0 radical (unpaired) electrons. The van der Waals surface area contributed by atoms with Crippen molar-refractivity contribution in [3.8, 4) is 6.07 Å². The Kier molecular flexibility index (Phi) is 3.09. The van der Waals surface area contributed by atoms with Crippen molar-refractivity contribution in [2.45, 2.75) is 18.9 Å². The first-order chi connectivity index (χ1) is 10.7. The second-order valence-electron chi connectivity index (χ2n) is 6.16. The van der Waals surface area contributed by atoms with Crippen LogP contribution in [0.1, 0.15) is 28.9 Å². The molecular weight excluding hydrogens is 278 g/mol. The molecule has 0 unspecified atom stereocenters. The van der Waals surface area contributed by atoms with Gasteiger partial charge in [0.1, 0.15) is 11.8 Å². The van der Waals surface area contributed by atoms with Crippen LogP contribution in [-0.4, -0.2) is 45.9 Å². The molecule has 3 fully saturated rings. The molecular formula is C16H17N5O. The highest BCUT2D eigenvalue weighted by Gasteiger charge is 2.35. The second kappa shape index (κ2) is 5.11. The Morgan fingerprint density at radius 3 is 2.86 bits per heavy atom. The zero-order chi connectivity index (χ0) is 15.1. The first-order valence-corrected chi connectivity index (χ1v) is 7.64. The minimum absolute atomic E-state index is 0.132. The molecule has 2 bridgehead atoms. The van der Waals surface area contributed by atoms with Crippen LogP contribution in [-0.2, 0) is 0 Å². The van der Waals surface area contributed by atoms with Crippen LogP contribution in [0.4, 0.5) is 0 Å². The Morgan fingerprint density at radius 1 is 1.36 bits per heavy atom. The summed E-state index contributed by atoms with van der Waals surface area (Å²) in [6, 6.07) is 4.07. The molecule has 0 spiro atoms. The van der Waals surface area contributed by atoms with Gasteiger partial charge < -0.3 is 14.6 Å². The van der Waals surface area contributed by atoms with Crippen molar-refractivity contribution in [3.63, 3.8) is 0 Å². The largest absolute Gasteiger partial charge is 0.346 e. The molecule has 3 aliphatic heterocycles. The Hall–Kier alpha value is -2.39. The van der Waals surface area contributed by atoms with E-state index in [0.29, 0.717) is 17.2 Å². The molecule has 0 aliphatic carbocycles. The predicted molar refractivity (Wildman–Crippen MR) is 80.3 cm³/mol. The molecule has 1 atom stereocenters. The van der Waals surface area contributed by atoms with Crippen molar-refractivity contribution in [2.24, 2.45) is 5.92 Å². The minimum Gasteiger partial charge on any atom is -0.346 e. The number of carbonyl (C=O) groups is 1. The summed E-state index contributed by atoms with van der Waals surface area (Å²) in [5, 5.41) is 12.1. The summed E-state index contributed by atoms with van der Waals surface area (Å²) in [7, 11) is 0. The molecule has 6 heteroatoms. The van der Waals surface area contributed by atoms with Crippen molar-refractivity contribution in [1.29, 1.82) is 5.26 Å². The topological polar surface area (TPSA) is 73.4 Å². The third-order valence-electron chi connectivity index (χ3n) is 4.81. The van der Waals surface area contributed by atoms with Crippen molar-refractivity contribution in [1.82, 2.24) is 19.6 Å². The van der Waals surface area contributed by atoms with Gasteiger partial charge in [0.05, 0.1) is 17.3 Å². The number of aromatic nitrogens is 2. The van der Waals surface area contributed by atoms with Gasteiger partial charge in [0.25, 0.3) is 5.91 Å². The van der Waals surface area contributed by atoms with Crippen molar-refractivity contribution in [2.75, 3.05) is 19.6 Å². The molecule has 0 saturated carbocycles. The van der Waals surface area contributed by atoms with Gasteiger partial charge in [-0.1, -0.05) is 0 Å². The van der Waals surface area contributed by atoms with Gasteiger partial charge in [0.15, 0.2) is 0 Å². The number of hydrogen-bond donors (Lipinski definition) is 1. The maximum Gasteiger partial charge on any atom is 0.271 e. The van der Waals surface area contributed by atoms with Crippen LogP contribution in [0.2, 0.25) is 0 Å². The maximum atomic E-state index is 12.4. The van der Waals surface area contributed by atoms with Crippen LogP contribution < -0.4 is 5.32 Å². The molecule has 5 rings (SSSR count). The van der Waals surface area contributed by atoms with Gasteiger partial charge in [-0.3, -0.25) is 4.79 Å². The van der Waals surface area contributed by atoms with Crippen molar-refractivity contribution in [3.05, 3.63) is 35.9 Å². The number of carbonyl (C=O) groups excluding carboxylic acids is 1. The maximum absolute atomic E-state index is 12.4. The van der Waals surface area contributed by atoms with Gasteiger partial charge in [-0.05, 0) is 37.9 Å². The summed E-state index contributed by atoms with van der Waals surface area (Å²) in [6.07, 6.45) is 7.36. The first kappa shape index (κ1) is 13.3. The summed E-state index contributed by atoms with van der Waals surface area (Å²) in [5.41, 5.74) is 1.77. The van der Waals surface area contributed by atoms with Crippen LogP contribution in [0.15, 0.2) is 24.7 Å². The monoisotopic (exact) mass is 295 g/mol. The molecule has 3 aliphatic rings. The second-order valence-corrected chi connectivity index (χ2v) is 6.16. The fourth-order valence-electron chi connectivity index (χ4n) is 3.56. The van der Waals surface area contributed by atoms with E-state index in [1.54, 1.807) is 29.1 Å². The Labute approximate surface area is 128 Å². The van der Waals surface area contributed by atoms with E-state index in [4.69, 9.17) is 5.26 Å². The number of hydrogen-bond acceptors (Lipinski definition) is 4. The zero-order valence-electron chi connectivity index (χ0n) is 12.2. The lowest BCUT2D eigenvalue weighted by atomic mass is 9.84. The zero-order valence-corrected chi connectivity index (χ0v) is 12.2. The van der Waals surface area contributed by atoms with Gasteiger partial charge in [0.2, 0.25) is 0 Å². The van der Waals surface area contributed by atoms with Crippen LogP contribution in [0.25, 0.3) is 5.52 Å². The number of piperidine rings is 3. The quantitative estimate of drug-likeness (QED) is 0.898. The van der Waals surface area contributed by atoms with E-state index in [-0.39, 0.29) is 11.9 Å². The number of rotatable bonds is 2. The van der Waals surface area contributed by atoms with E-state index in [2.05, 4.69) is 21.3 Å². The molecule has 1 N–H and O–H groups in total. The van der Waals surface area contributed by atoms with Crippen molar-refractivity contribution < 1.29 is 4.79 Å². The average molecular weight is 295 g/mol. The van der Waals surface area contributed by atoms with Crippen molar-refractivity contribution >= 4 is 11.4 Å². The summed E-state index contributed by atoms with van der Waals surface area (Å²) < 4.78 is 1.77. The normalized spacial score (nSPS) is 26.8. The molecule has 2 aromatic heterocycles. The molecule has 1 amide bonds. The van der Waals surface area contributed by atoms with Crippen LogP contribution >= 0.6 is 0 Å². The summed E-state index contributed by atoms with van der Waals surface area (Å²) in [6.45, 7) is 3.25. The smallest absolute Gasteiger partial charge is 0.271 e. The number of amides is 1. The van der Waals surface area contributed by atoms with Crippen LogP contribution in [0.3, 0.4) is 0 Å². The lowest BCUT2D eigenvalue weighted by molar-refractivity contribution is 0.0617. The number of nitrogens with zero attached hydrogens (tertiary/aromatic N) is 4. The van der Waals surface area contributed by atoms with E-state index in [0.717, 1.165) is 25.2 Å². The average Bonchev–Trinajstić information content (AvgIpc) is 2.98. The standard InChI is InChI=1S/C16H17N5O/c17-6-11-5-13-7-18-15(10-21(13)8-11)16(22)19-14-9-20-3-1-12(14)2-4-20/h5,7-8,10,12,14H,1-4,9H2,(H,19,22)/t14-/m0/s1. The molecule has 112 valence electrons. The van der Waals surface area contributed by atoms with Gasteiger partial charge in [-0.15, -0.1) is 0 Å². The molecule has 3 saturated heterocycles. The molecule has 6 nitrogen and oxygen atoms in total. The summed E-state index contributed by atoms with van der Waals surface area (Å²) >= 11 is 0. The SMILES string of the molecule is N#Cc1cc2cnc(C(=O)N[C@H]3CN4CCC3CC4)cn2c1. The predicted octanol–water partition coefficient (Wildman–Crippen LogP) is 1.03. The Bertz CT molecular complexity index is 766. The lowest BCUT2D eigenvalue weighted by Gasteiger charge is -2.44. The first-order valence-electron chi connectivity index (χ1n) is 7.64. The highest BCUT2D eigenvalue weighted by Crippen LogP contribution is 2.27. The highest BCUT2D eigenvalue weighted by atomic mass is 16.2. The minimum atomic E-state index is -0.132. The Balaban J connectivity index is 1.54. The number of fused-ring (bicyclic) bond motifs is 4. The third kappa shape index (κ3) is 2.24. The lowest BCUT2D eigenvalue weighted by Crippen LogP contribution is -2.57. The van der Waals surface area contributed by atoms with Gasteiger partial charge in [-0.25, -0.2) is 4.98 Å². The highest BCUT2D eigenvalue weighted by molar-refractivity contribution is 5.92. The van der Waals surface area contributed by atoms with E-state index < -0.39 is 0 Å². The number of nitriles is 1. The fraction of sp³-hybridized carbons (Fsp3) is 0.438. The van der Waals surface area contributed by atoms with Gasteiger partial charge in [-0.2, -0.15) is 5.26 Å².